The summed E-state index contributed by atoms with van der Waals surface area (Å²) in [5.74, 6) is -0.0952. The van der Waals surface area contributed by atoms with Crippen molar-refractivity contribution in [1.29, 1.82) is 0 Å². The zero-order chi connectivity index (χ0) is 15.9. The molecule has 0 heterocycles. The number of aliphatic hydroxyl groups is 1. The first-order valence-electron chi connectivity index (χ1n) is 5.63. The molecule has 8 nitrogen and oxygen atoms in total. The first-order chi connectivity index (χ1) is 8.99. The molecule has 6 N–H and O–H groups in total. The Labute approximate surface area is 117 Å². The maximum absolute atomic E-state index is 9.73. The summed E-state index contributed by atoms with van der Waals surface area (Å²) in [6.07, 6.45) is -0.731. The van der Waals surface area contributed by atoms with Gasteiger partial charge in [0.05, 0.1) is 6.10 Å². The second-order valence-electron chi connectivity index (χ2n) is 4.31. The third kappa shape index (κ3) is 10.5. The van der Waals surface area contributed by atoms with E-state index >= 15 is 0 Å². The molecule has 0 radical (unpaired) electrons. The highest BCUT2D eigenvalue weighted by Crippen LogP contribution is 2.24. The largest absolute Gasteiger partial charge is 0.508 e. The Morgan fingerprint density at radius 3 is 1.85 bits per heavy atom. The Morgan fingerprint density at radius 1 is 1.10 bits per heavy atom. The van der Waals surface area contributed by atoms with Gasteiger partial charge in [0.1, 0.15) is 11.5 Å². The van der Waals surface area contributed by atoms with E-state index in [1.54, 1.807) is 0 Å². The van der Waals surface area contributed by atoms with E-state index in [2.05, 4.69) is 5.32 Å². The van der Waals surface area contributed by atoms with Crippen molar-refractivity contribution in [3.05, 3.63) is 23.8 Å². The van der Waals surface area contributed by atoms with Crippen molar-refractivity contribution in [3.8, 4) is 11.5 Å². The van der Waals surface area contributed by atoms with E-state index in [-0.39, 0.29) is 17.5 Å². The van der Waals surface area contributed by atoms with E-state index in [4.69, 9.17) is 17.5 Å². The fraction of sp³-hybridized carbons (Fsp3) is 0.455. The molecule has 0 amide bonds. The predicted octanol–water partition coefficient (Wildman–Crippen LogP) is 0.476. The summed E-state index contributed by atoms with van der Waals surface area (Å²) in [4.78, 5) is 0. The van der Waals surface area contributed by atoms with Gasteiger partial charge in [0, 0.05) is 18.7 Å². The summed E-state index contributed by atoms with van der Waals surface area (Å²) in [6.45, 7) is 4.35. The van der Waals surface area contributed by atoms with E-state index < -0.39 is 16.5 Å². The van der Waals surface area contributed by atoms with Crippen molar-refractivity contribution >= 4 is 10.4 Å². The van der Waals surface area contributed by atoms with Crippen LogP contribution in [0.15, 0.2) is 18.2 Å². The summed E-state index contributed by atoms with van der Waals surface area (Å²) >= 11 is 0. The van der Waals surface area contributed by atoms with Gasteiger partial charge in [0.15, 0.2) is 0 Å². The maximum atomic E-state index is 9.73. The number of benzene rings is 1. The lowest BCUT2D eigenvalue weighted by Crippen LogP contribution is -2.27. The van der Waals surface area contributed by atoms with Gasteiger partial charge in [-0.2, -0.15) is 8.42 Å². The number of phenols is 2. The second-order valence-corrected chi connectivity index (χ2v) is 5.20. The van der Waals surface area contributed by atoms with Crippen molar-refractivity contribution in [2.24, 2.45) is 0 Å². The first-order valence-corrected chi connectivity index (χ1v) is 7.03. The van der Waals surface area contributed by atoms with Crippen LogP contribution < -0.4 is 5.32 Å². The third-order valence-corrected chi connectivity index (χ3v) is 2.03. The van der Waals surface area contributed by atoms with Gasteiger partial charge in [0.25, 0.3) is 0 Å². The molecule has 0 fully saturated rings. The standard InChI is InChI=1S/C11H17NO3.H2O4S/c1-7(2)12-6-11(15)8-3-9(13)5-10(14)4-8;1-5(2,3)4/h3-5,7,11-15H,6H2,1-2H3;(H2,1,2,3,4). The van der Waals surface area contributed by atoms with Crippen LogP contribution in [0.4, 0.5) is 0 Å². The highest BCUT2D eigenvalue weighted by molar-refractivity contribution is 7.79. The third-order valence-electron chi connectivity index (χ3n) is 2.03. The van der Waals surface area contributed by atoms with Gasteiger partial charge in [-0.05, 0) is 17.7 Å². The lowest BCUT2D eigenvalue weighted by molar-refractivity contribution is 0.171. The summed E-state index contributed by atoms with van der Waals surface area (Å²) in [5.41, 5.74) is 0.501. The normalized spacial score (nSPS) is 12.7. The zero-order valence-electron chi connectivity index (χ0n) is 11.1. The fourth-order valence-corrected chi connectivity index (χ4v) is 1.28. The van der Waals surface area contributed by atoms with E-state index in [0.717, 1.165) is 0 Å². The van der Waals surface area contributed by atoms with Gasteiger partial charge in [-0.25, -0.2) is 0 Å². The number of aliphatic hydroxyl groups excluding tert-OH is 1. The van der Waals surface area contributed by atoms with Gasteiger partial charge < -0.3 is 20.6 Å². The Morgan fingerprint density at radius 2 is 1.50 bits per heavy atom. The molecule has 9 heteroatoms. The van der Waals surface area contributed by atoms with Gasteiger partial charge in [0.2, 0.25) is 0 Å². The van der Waals surface area contributed by atoms with E-state index in [9.17, 15) is 15.3 Å². The molecule has 1 aromatic carbocycles. The first kappa shape index (κ1) is 18.6. The summed E-state index contributed by atoms with van der Waals surface area (Å²) in [7, 11) is -4.67. The van der Waals surface area contributed by atoms with Crippen LogP contribution in [0.3, 0.4) is 0 Å². The van der Waals surface area contributed by atoms with Crippen LogP contribution in [0.5, 0.6) is 11.5 Å². The number of nitrogens with one attached hydrogen (secondary N) is 1. The van der Waals surface area contributed by atoms with Crippen LogP contribution in [0.1, 0.15) is 25.5 Å². The van der Waals surface area contributed by atoms with Gasteiger partial charge in [-0.3, -0.25) is 9.11 Å². The van der Waals surface area contributed by atoms with Crippen LogP contribution in [0, 0.1) is 0 Å². The maximum Gasteiger partial charge on any atom is 0.394 e. The predicted molar refractivity (Wildman–Crippen MR) is 72.0 cm³/mol. The van der Waals surface area contributed by atoms with Crippen LogP contribution in [0.25, 0.3) is 0 Å². The minimum Gasteiger partial charge on any atom is -0.508 e. The molecule has 0 spiro atoms. The van der Waals surface area contributed by atoms with Crippen molar-refractivity contribution in [2.45, 2.75) is 26.0 Å². The van der Waals surface area contributed by atoms with Crippen LogP contribution in [0.2, 0.25) is 0 Å². The highest BCUT2D eigenvalue weighted by atomic mass is 32.3. The smallest absolute Gasteiger partial charge is 0.394 e. The van der Waals surface area contributed by atoms with Gasteiger partial charge in [-0.1, -0.05) is 13.8 Å². The number of rotatable bonds is 4. The number of hydrogen-bond acceptors (Lipinski definition) is 6. The van der Waals surface area contributed by atoms with Crippen molar-refractivity contribution < 1.29 is 32.8 Å². The van der Waals surface area contributed by atoms with E-state index in [1.165, 1.54) is 18.2 Å². The monoisotopic (exact) mass is 309 g/mol. The van der Waals surface area contributed by atoms with Gasteiger partial charge >= 0.3 is 10.4 Å². The molecule has 0 saturated heterocycles. The topological polar surface area (TPSA) is 147 Å². The lowest BCUT2D eigenvalue weighted by atomic mass is 10.1. The fourth-order valence-electron chi connectivity index (χ4n) is 1.28. The minimum atomic E-state index is -4.67. The molecule has 0 aliphatic heterocycles. The molecular weight excluding hydrogens is 290 g/mol. The minimum absolute atomic E-state index is 0.0476. The molecule has 20 heavy (non-hydrogen) atoms. The van der Waals surface area contributed by atoms with Crippen LogP contribution in [-0.2, 0) is 10.4 Å². The number of hydrogen-bond donors (Lipinski definition) is 6. The Bertz CT molecular complexity index is 487. The SMILES string of the molecule is CC(C)NCC(O)c1cc(O)cc(O)c1.O=S(=O)(O)O. The van der Waals surface area contributed by atoms with Crippen molar-refractivity contribution in [2.75, 3.05) is 6.54 Å². The molecule has 0 aromatic heterocycles. The zero-order valence-corrected chi connectivity index (χ0v) is 11.9. The van der Waals surface area contributed by atoms with Gasteiger partial charge in [-0.15, -0.1) is 0 Å². The molecular formula is C11H19NO7S. The molecule has 0 aliphatic carbocycles. The quantitative estimate of drug-likeness (QED) is 0.440. The Balaban J connectivity index is 0.000000621. The average molecular weight is 309 g/mol. The summed E-state index contributed by atoms with van der Waals surface area (Å²) < 4.78 is 31.6. The van der Waals surface area contributed by atoms with Crippen LogP contribution >= 0.6 is 0 Å². The molecule has 116 valence electrons. The molecule has 0 saturated carbocycles. The highest BCUT2D eigenvalue weighted by Gasteiger charge is 2.10. The molecule has 0 bridgehead atoms. The molecule has 1 atom stereocenters. The van der Waals surface area contributed by atoms with E-state index in [1.807, 2.05) is 13.8 Å². The Hall–Kier alpha value is -1.39. The number of phenolic OH excluding ortho intramolecular Hbond substituents is 2. The van der Waals surface area contributed by atoms with Crippen LogP contribution in [-0.4, -0.2) is 45.4 Å². The Kier molecular flexibility index (Phi) is 7.46. The second kappa shape index (κ2) is 8.02. The van der Waals surface area contributed by atoms with Crippen molar-refractivity contribution in [1.82, 2.24) is 5.32 Å². The average Bonchev–Trinajstić information content (AvgIpc) is 2.22. The summed E-state index contributed by atoms with van der Waals surface area (Å²) in [6, 6.07) is 4.38. The molecule has 1 rings (SSSR count). The number of aromatic hydroxyl groups is 2. The molecule has 0 aliphatic rings. The van der Waals surface area contributed by atoms with E-state index in [0.29, 0.717) is 12.1 Å². The summed E-state index contributed by atoms with van der Waals surface area (Å²) in [5, 5.41) is 31.3. The van der Waals surface area contributed by atoms with Crippen molar-refractivity contribution in [3.63, 3.8) is 0 Å². The molecule has 1 aromatic rings. The lowest BCUT2D eigenvalue weighted by Gasteiger charge is -2.14. The molecule has 1 unspecified atom stereocenters.